The summed E-state index contributed by atoms with van der Waals surface area (Å²) >= 11 is 0. The monoisotopic (exact) mass is 170 g/mol. The molecule has 2 atom stereocenters. The van der Waals surface area contributed by atoms with Gasteiger partial charge in [0.25, 0.3) is 0 Å². The predicted octanol–water partition coefficient (Wildman–Crippen LogP) is 1.50. The van der Waals surface area contributed by atoms with E-state index in [4.69, 9.17) is 5.73 Å². The van der Waals surface area contributed by atoms with Crippen molar-refractivity contribution < 1.29 is 0 Å². The lowest BCUT2D eigenvalue weighted by molar-refractivity contribution is 0.296. The van der Waals surface area contributed by atoms with E-state index in [-0.39, 0.29) is 0 Å². The molecule has 1 heterocycles. The molecule has 1 rings (SSSR count). The number of hydrogen-bond donors (Lipinski definition) is 2. The highest BCUT2D eigenvalue weighted by atomic mass is 14.9. The van der Waals surface area contributed by atoms with Crippen molar-refractivity contribution in [3.8, 4) is 0 Å². The van der Waals surface area contributed by atoms with E-state index in [1.165, 1.54) is 38.6 Å². The smallest absolute Gasteiger partial charge is 0.0190 e. The Morgan fingerprint density at radius 3 is 2.75 bits per heavy atom. The van der Waals surface area contributed by atoms with Crippen molar-refractivity contribution in [1.82, 2.24) is 5.32 Å². The fourth-order valence-corrected chi connectivity index (χ4v) is 1.91. The highest BCUT2D eigenvalue weighted by Gasteiger charge is 2.18. The minimum absolute atomic E-state index is 0.600. The maximum absolute atomic E-state index is 5.59. The van der Waals surface area contributed by atoms with Crippen molar-refractivity contribution >= 4 is 0 Å². The second-order valence-corrected chi connectivity index (χ2v) is 3.93. The third-order valence-corrected chi connectivity index (χ3v) is 2.87. The van der Waals surface area contributed by atoms with Crippen LogP contribution < -0.4 is 11.1 Å². The maximum atomic E-state index is 5.59. The second kappa shape index (κ2) is 5.55. The van der Waals surface area contributed by atoms with Crippen LogP contribution in [0.2, 0.25) is 0 Å². The van der Waals surface area contributed by atoms with Gasteiger partial charge in [-0.1, -0.05) is 19.8 Å². The van der Waals surface area contributed by atoms with Gasteiger partial charge < -0.3 is 11.1 Å². The number of unbranched alkanes of at least 4 members (excludes halogenated alkanes) is 1. The molecular formula is C10H22N2. The highest BCUT2D eigenvalue weighted by molar-refractivity contribution is 4.77. The van der Waals surface area contributed by atoms with Crippen LogP contribution in [0.25, 0.3) is 0 Å². The van der Waals surface area contributed by atoms with Crippen LogP contribution in [-0.4, -0.2) is 19.1 Å². The van der Waals surface area contributed by atoms with Crippen molar-refractivity contribution in [2.75, 3.05) is 13.1 Å². The summed E-state index contributed by atoms with van der Waals surface area (Å²) in [4.78, 5) is 0. The van der Waals surface area contributed by atoms with Crippen LogP contribution in [0.1, 0.15) is 39.0 Å². The van der Waals surface area contributed by atoms with E-state index in [1.54, 1.807) is 0 Å². The van der Waals surface area contributed by atoms with Crippen LogP contribution in [0, 0.1) is 5.92 Å². The van der Waals surface area contributed by atoms with Gasteiger partial charge in [-0.05, 0) is 31.7 Å². The SMILES string of the molecule is CCCCC1CCC(CN)NC1. The molecule has 12 heavy (non-hydrogen) atoms. The summed E-state index contributed by atoms with van der Waals surface area (Å²) in [6.07, 6.45) is 6.79. The Morgan fingerprint density at radius 1 is 1.42 bits per heavy atom. The first kappa shape index (κ1) is 10.0. The zero-order chi connectivity index (χ0) is 8.81. The standard InChI is InChI=1S/C10H22N2/c1-2-3-4-9-5-6-10(7-11)12-8-9/h9-10,12H,2-8,11H2,1H3. The molecule has 1 aliphatic rings. The molecule has 2 nitrogen and oxygen atoms in total. The molecule has 0 radical (unpaired) electrons. The van der Waals surface area contributed by atoms with Gasteiger partial charge in [0.05, 0.1) is 0 Å². The minimum Gasteiger partial charge on any atom is -0.329 e. The van der Waals surface area contributed by atoms with E-state index in [0.717, 1.165) is 12.5 Å². The van der Waals surface area contributed by atoms with Crippen LogP contribution in [0.3, 0.4) is 0 Å². The first-order chi connectivity index (χ1) is 5.86. The molecule has 0 spiro atoms. The van der Waals surface area contributed by atoms with E-state index >= 15 is 0 Å². The van der Waals surface area contributed by atoms with E-state index in [0.29, 0.717) is 6.04 Å². The molecule has 72 valence electrons. The van der Waals surface area contributed by atoms with E-state index < -0.39 is 0 Å². The molecule has 0 saturated carbocycles. The number of piperidine rings is 1. The van der Waals surface area contributed by atoms with Gasteiger partial charge in [0.15, 0.2) is 0 Å². The molecule has 2 unspecified atom stereocenters. The molecule has 0 amide bonds. The summed E-state index contributed by atoms with van der Waals surface area (Å²) in [5.41, 5.74) is 5.59. The van der Waals surface area contributed by atoms with Crippen molar-refractivity contribution in [3.63, 3.8) is 0 Å². The van der Waals surface area contributed by atoms with Gasteiger partial charge >= 0.3 is 0 Å². The molecule has 1 fully saturated rings. The van der Waals surface area contributed by atoms with Gasteiger partial charge in [-0.2, -0.15) is 0 Å². The van der Waals surface area contributed by atoms with E-state index in [2.05, 4.69) is 12.2 Å². The molecule has 1 saturated heterocycles. The van der Waals surface area contributed by atoms with Crippen molar-refractivity contribution in [1.29, 1.82) is 0 Å². The molecule has 0 bridgehead atoms. The molecule has 3 N–H and O–H groups in total. The third-order valence-electron chi connectivity index (χ3n) is 2.87. The molecular weight excluding hydrogens is 148 g/mol. The molecule has 0 aromatic heterocycles. The zero-order valence-electron chi connectivity index (χ0n) is 8.18. The van der Waals surface area contributed by atoms with Crippen LogP contribution in [0.5, 0.6) is 0 Å². The Labute approximate surface area is 75.9 Å². The van der Waals surface area contributed by atoms with Crippen LogP contribution in [0.4, 0.5) is 0 Å². The first-order valence-corrected chi connectivity index (χ1v) is 5.30. The zero-order valence-corrected chi connectivity index (χ0v) is 8.18. The van der Waals surface area contributed by atoms with Crippen molar-refractivity contribution in [3.05, 3.63) is 0 Å². The minimum atomic E-state index is 0.600. The number of nitrogens with two attached hydrogens (primary N) is 1. The van der Waals surface area contributed by atoms with Gasteiger partial charge in [-0.15, -0.1) is 0 Å². The Balaban J connectivity index is 2.09. The molecule has 0 aromatic rings. The van der Waals surface area contributed by atoms with Gasteiger partial charge in [0.2, 0.25) is 0 Å². The average molecular weight is 170 g/mol. The first-order valence-electron chi connectivity index (χ1n) is 5.30. The summed E-state index contributed by atoms with van der Waals surface area (Å²) in [7, 11) is 0. The van der Waals surface area contributed by atoms with E-state index in [9.17, 15) is 0 Å². The maximum Gasteiger partial charge on any atom is 0.0190 e. The largest absolute Gasteiger partial charge is 0.329 e. The van der Waals surface area contributed by atoms with Crippen molar-refractivity contribution in [2.45, 2.75) is 45.1 Å². The number of rotatable bonds is 4. The molecule has 2 heteroatoms. The topological polar surface area (TPSA) is 38.0 Å². The summed E-state index contributed by atoms with van der Waals surface area (Å²) < 4.78 is 0. The van der Waals surface area contributed by atoms with Crippen LogP contribution in [-0.2, 0) is 0 Å². The average Bonchev–Trinajstić information content (AvgIpc) is 2.15. The quantitative estimate of drug-likeness (QED) is 0.671. The second-order valence-electron chi connectivity index (χ2n) is 3.93. The summed E-state index contributed by atoms with van der Waals surface area (Å²) in [5, 5.41) is 3.50. The van der Waals surface area contributed by atoms with Gasteiger partial charge in [0, 0.05) is 12.6 Å². The lowest BCUT2D eigenvalue weighted by Gasteiger charge is -2.28. The van der Waals surface area contributed by atoms with Crippen LogP contribution >= 0.6 is 0 Å². The molecule has 0 aliphatic carbocycles. The molecule has 0 aromatic carbocycles. The Morgan fingerprint density at radius 2 is 2.25 bits per heavy atom. The number of nitrogens with one attached hydrogen (secondary N) is 1. The van der Waals surface area contributed by atoms with E-state index in [1.807, 2.05) is 0 Å². The van der Waals surface area contributed by atoms with Gasteiger partial charge in [-0.25, -0.2) is 0 Å². The summed E-state index contributed by atoms with van der Waals surface area (Å²) in [5.74, 6) is 0.924. The Kier molecular flexibility index (Phi) is 4.62. The third kappa shape index (κ3) is 3.11. The Hall–Kier alpha value is -0.0800. The normalized spacial score (nSPS) is 30.5. The van der Waals surface area contributed by atoms with Gasteiger partial charge in [-0.3, -0.25) is 0 Å². The fraction of sp³-hybridized carbons (Fsp3) is 1.00. The lowest BCUT2D eigenvalue weighted by atomic mass is 9.91. The Bertz CT molecular complexity index is 106. The number of hydrogen-bond acceptors (Lipinski definition) is 2. The summed E-state index contributed by atoms with van der Waals surface area (Å²) in [6, 6.07) is 0.600. The van der Waals surface area contributed by atoms with Crippen LogP contribution in [0.15, 0.2) is 0 Å². The van der Waals surface area contributed by atoms with Gasteiger partial charge in [0.1, 0.15) is 0 Å². The highest BCUT2D eigenvalue weighted by Crippen LogP contribution is 2.19. The predicted molar refractivity (Wildman–Crippen MR) is 53.1 cm³/mol. The fourth-order valence-electron chi connectivity index (χ4n) is 1.91. The molecule has 1 aliphatic heterocycles. The van der Waals surface area contributed by atoms with Crippen molar-refractivity contribution in [2.24, 2.45) is 11.7 Å². The lowest BCUT2D eigenvalue weighted by Crippen LogP contribution is -2.43. The summed E-state index contributed by atoms with van der Waals surface area (Å²) in [6.45, 7) is 4.27.